The number of nitrogens with zero attached hydrogens (tertiary/aromatic N) is 1. The zero-order valence-corrected chi connectivity index (χ0v) is 13.4. The molecular formula is C15H18BrNO4. The summed E-state index contributed by atoms with van der Waals surface area (Å²) in [6.07, 6.45) is 2.04. The van der Waals surface area contributed by atoms with Crippen LogP contribution in [0.1, 0.15) is 30.1 Å². The molecule has 0 bridgehead atoms. The minimum Gasteiger partial charge on any atom is -0.483 e. The third-order valence-electron chi connectivity index (χ3n) is 3.67. The number of halogens is 1. The quantitative estimate of drug-likeness (QED) is 0.901. The molecule has 1 aromatic rings. The number of piperidine rings is 1. The van der Waals surface area contributed by atoms with E-state index in [0.29, 0.717) is 16.1 Å². The van der Waals surface area contributed by atoms with E-state index in [9.17, 15) is 9.59 Å². The first-order valence-electron chi connectivity index (χ1n) is 6.91. The van der Waals surface area contributed by atoms with E-state index in [0.717, 1.165) is 25.9 Å². The van der Waals surface area contributed by atoms with E-state index in [1.165, 1.54) is 12.1 Å². The molecular weight excluding hydrogens is 338 g/mol. The fraction of sp³-hybridized carbons (Fsp3) is 0.467. The summed E-state index contributed by atoms with van der Waals surface area (Å²) in [6, 6.07) is 4.50. The Labute approximate surface area is 132 Å². The van der Waals surface area contributed by atoms with Crippen molar-refractivity contribution in [1.82, 2.24) is 4.90 Å². The van der Waals surface area contributed by atoms with Crippen LogP contribution in [0.5, 0.6) is 5.75 Å². The number of likely N-dealkylation sites (tertiary alicyclic amines) is 1. The van der Waals surface area contributed by atoms with E-state index >= 15 is 0 Å². The lowest BCUT2D eigenvalue weighted by molar-refractivity contribution is -0.134. The molecule has 1 fully saturated rings. The van der Waals surface area contributed by atoms with Crippen molar-refractivity contribution in [3.05, 3.63) is 28.2 Å². The zero-order valence-electron chi connectivity index (χ0n) is 11.8. The number of hydrogen-bond donors (Lipinski definition) is 1. The van der Waals surface area contributed by atoms with Crippen LogP contribution in [0.15, 0.2) is 22.7 Å². The first kappa shape index (κ1) is 15.8. The second-order valence-electron chi connectivity index (χ2n) is 5.30. The Morgan fingerprint density at radius 1 is 1.38 bits per heavy atom. The summed E-state index contributed by atoms with van der Waals surface area (Å²) < 4.78 is 6.10. The van der Waals surface area contributed by atoms with Gasteiger partial charge in [0, 0.05) is 13.1 Å². The van der Waals surface area contributed by atoms with Crippen molar-refractivity contribution < 1.29 is 19.4 Å². The molecule has 114 valence electrons. The Balaban J connectivity index is 1.94. The van der Waals surface area contributed by atoms with Crippen molar-refractivity contribution in [1.29, 1.82) is 0 Å². The minimum atomic E-state index is -1.02. The van der Waals surface area contributed by atoms with Crippen molar-refractivity contribution in [2.45, 2.75) is 19.8 Å². The lowest BCUT2D eigenvalue weighted by atomic mass is 9.99. The van der Waals surface area contributed by atoms with E-state index in [-0.39, 0.29) is 18.1 Å². The third kappa shape index (κ3) is 4.20. The highest BCUT2D eigenvalue weighted by Crippen LogP contribution is 2.26. The van der Waals surface area contributed by atoms with Crippen LogP contribution < -0.4 is 4.74 Å². The third-order valence-corrected chi connectivity index (χ3v) is 4.32. The topological polar surface area (TPSA) is 66.8 Å². The summed E-state index contributed by atoms with van der Waals surface area (Å²) in [4.78, 5) is 24.8. The molecule has 0 unspecified atom stereocenters. The first-order valence-corrected chi connectivity index (χ1v) is 7.70. The Bertz CT molecular complexity index is 538. The molecule has 21 heavy (non-hydrogen) atoms. The fourth-order valence-electron chi connectivity index (χ4n) is 2.24. The Hall–Kier alpha value is -1.56. The molecule has 1 aliphatic heterocycles. The van der Waals surface area contributed by atoms with Crippen LogP contribution >= 0.6 is 15.9 Å². The summed E-state index contributed by atoms with van der Waals surface area (Å²) >= 11 is 3.29. The number of benzene rings is 1. The number of carbonyl (C=O) groups is 2. The van der Waals surface area contributed by atoms with Crippen LogP contribution in [0.25, 0.3) is 0 Å². The van der Waals surface area contributed by atoms with E-state index in [1.54, 1.807) is 11.0 Å². The summed E-state index contributed by atoms with van der Waals surface area (Å²) in [7, 11) is 0. The van der Waals surface area contributed by atoms with Crippen molar-refractivity contribution in [3.63, 3.8) is 0 Å². The average Bonchev–Trinajstić information content (AvgIpc) is 2.46. The van der Waals surface area contributed by atoms with Crippen LogP contribution in [-0.2, 0) is 4.79 Å². The van der Waals surface area contributed by atoms with Gasteiger partial charge in [-0.05, 0) is 52.9 Å². The monoisotopic (exact) mass is 355 g/mol. The lowest BCUT2D eigenvalue weighted by Crippen LogP contribution is -2.40. The number of amides is 1. The second-order valence-corrected chi connectivity index (χ2v) is 6.16. The first-order chi connectivity index (χ1) is 9.97. The molecule has 1 aromatic carbocycles. The van der Waals surface area contributed by atoms with Gasteiger partial charge in [-0.25, -0.2) is 4.79 Å². The largest absolute Gasteiger partial charge is 0.483 e. The number of rotatable bonds is 4. The van der Waals surface area contributed by atoms with Gasteiger partial charge in [-0.1, -0.05) is 6.92 Å². The molecule has 0 atom stereocenters. The lowest BCUT2D eigenvalue weighted by Gasteiger charge is -2.30. The van der Waals surface area contributed by atoms with Crippen LogP contribution in [0.4, 0.5) is 0 Å². The molecule has 2 rings (SSSR count). The number of ether oxygens (including phenoxy) is 1. The Morgan fingerprint density at radius 2 is 2.05 bits per heavy atom. The van der Waals surface area contributed by atoms with E-state index in [1.807, 2.05) is 0 Å². The highest BCUT2D eigenvalue weighted by atomic mass is 79.9. The van der Waals surface area contributed by atoms with Crippen LogP contribution in [-0.4, -0.2) is 41.6 Å². The van der Waals surface area contributed by atoms with Crippen molar-refractivity contribution in [2.24, 2.45) is 5.92 Å². The summed E-state index contributed by atoms with van der Waals surface area (Å²) in [6.45, 7) is 3.64. The molecule has 0 radical (unpaired) electrons. The maximum atomic E-state index is 12.1. The van der Waals surface area contributed by atoms with Gasteiger partial charge in [0.15, 0.2) is 6.61 Å². The summed E-state index contributed by atoms with van der Waals surface area (Å²) in [5.74, 6) is -0.0526. The summed E-state index contributed by atoms with van der Waals surface area (Å²) in [5, 5.41) is 8.96. The molecule has 1 aliphatic rings. The predicted octanol–water partition coefficient (Wildman–Crippen LogP) is 2.78. The molecule has 5 nitrogen and oxygen atoms in total. The number of carboxylic acid groups (broad SMARTS) is 1. The predicted molar refractivity (Wildman–Crippen MR) is 81.6 cm³/mol. The normalized spacial score (nSPS) is 15.8. The minimum absolute atomic E-state index is 0.0606. The van der Waals surface area contributed by atoms with Crippen LogP contribution in [0.2, 0.25) is 0 Å². The van der Waals surface area contributed by atoms with Crippen molar-refractivity contribution >= 4 is 27.8 Å². The molecule has 0 spiro atoms. The second kappa shape index (κ2) is 6.93. The van der Waals surface area contributed by atoms with Gasteiger partial charge in [-0.15, -0.1) is 0 Å². The van der Waals surface area contributed by atoms with Gasteiger partial charge in [0.1, 0.15) is 5.75 Å². The smallest absolute Gasteiger partial charge is 0.335 e. The van der Waals surface area contributed by atoms with Crippen LogP contribution in [0.3, 0.4) is 0 Å². The number of carboxylic acids is 1. The maximum absolute atomic E-state index is 12.1. The van der Waals surface area contributed by atoms with Gasteiger partial charge in [0.05, 0.1) is 10.0 Å². The number of carbonyl (C=O) groups excluding carboxylic acids is 1. The molecule has 0 aliphatic carbocycles. The molecule has 6 heteroatoms. The van der Waals surface area contributed by atoms with Gasteiger partial charge in [0.2, 0.25) is 0 Å². The van der Waals surface area contributed by atoms with Gasteiger partial charge in [-0.3, -0.25) is 4.79 Å². The standard InChI is InChI=1S/C15H18BrNO4/c1-10-4-6-17(7-5-10)14(18)9-21-13-8-11(15(19)20)2-3-12(13)16/h2-3,8,10H,4-7,9H2,1H3,(H,19,20). The highest BCUT2D eigenvalue weighted by Gasteiger charge is 2.20. The number of hydrogen-bond acceptors (Lipinski definition) is 3. The zero-order chi connectivity index (χ0) is 15.4. The Morgan fingerprint density at radius 3 is 2.67 bits per heavy atom. The SMILES string of the molecule is CC1CCN(C(=O)COc2cc(C(=O)O)ccc2Br)CC1. The molecule has 1 amide bonds. The molecule has 0 saturated carbocycles. The molecule has 1 N–H and O–H groups in total. The van der Waals surface area contributed by atoms with Crippen LogP contribution in [0, 0.1) is 5.92 Å². The van der Waals surface area contributed by atoms with Gasteiger partial charge >= 0.3 is 5.97 Å². The van der Waals surface area contributed by atoms with Gasteiger partial charge in [0.25, 0.3) is 5.91 Å². The van der Waals surface area contributed by atoms with Gasteiger partial charge < -0.3 is 14.7 Å². The van der Waals surface area contributed by atoms with Gasteiger partial charge in [-0.2, -0.15) is 0 Å². The van der Waals surface area contributed by atoms with Crippen molar-refractivity contribution in [2.75, 3.05) is 19.7 Å². The Kier molecular flexibility index (Phi) is 5.22. The van der Waals surface area contributed by atoms with E-state index < -0.39 is 5.97 Å². The summed E-state index contributed by atoms with van der Waals surface area (Å²) in [5.41, 5.74) is 0.132. The van der Waals surface area contributed by atoms with E-state index in [2.05, 4.69) is 22.9 Å². The fourth-order valence-corrected chi connectivity index (χ4v) is 2.60. The average molecular weight is 356 g/mol. The number of aromatic carboxylic acids is 1. The molecule has 1 heterocycles. The molecule has 0 aromatic heterocycles. The molecule has 1 saturated heterocycles. The van der Waals surface area contributed by atoms with E-state index in [4.69, 9.17) is 9.84 Å². The highest BCUT2D eigenvalue weighted by molar-refractivity contribution is 9.10. The maximum Gasteiger partial charge on any atom is 0.335 e. The van der Waals surface area contributed by atoms with Crippen molar-refractivity contribution in [3.8, 4) is 5.75 Å².